The lowest BCUT2D eigenvalue weighted by Crippen LogP contribution is -2.39. The van der Waals surface area contributed by atoms with Crippen molar-refractivity contribution in [2.45, 2.75) is 52.6 Å². The van der Waals surface area contributed by atoms with Gasteiger partial charge in [0.15, 0.2) is 0 Å². The largest absolute Gasteiger partial charge is 0.444 e. The van der Waals surface area contributed by atoms with Crippen molar-refractivity contribution in [2.75, 3.05) is 18.8 Å². The number of nitrogen functional groups attached to an aromatic ring is 1. The number of anilines is 1. The molecule has 1 aromatic carbocycles. The summed E-state index contributed by atoms with van der Waals surface area (Å²) in [7, 11) is 0. The summed E-state index contributed by atoms with van der Waals surface area (Å²) in [5.74, 6) is 0. The van der Waals surface area contributed by atoms with Crippen LogP contribution >= 0.6 is 15.9 Å². The van der Waals surface area contributed by atoms with Gasteiger partial charge in [-0.2, -0.15) is 0 Å². The number of nitro benzene ring substituents is 1. The summed E-state index contributed by atoms with van der Waals surface area (Å²) in [6, 6.07) is 2.98. The zero-order valence-corrected chi connectivity index (χ0v) is 16.8. The van der Waals surface area contributed by atoms with Crippen molar-refractivity contribution < 1.29 is 14.5 Å². The summed E-state index contributed by atoms with van der Waals surface area (Å²) in [6.45, 7) is 9.23. The number of carbonyl (C=O) groups excluding carboxylic acids is 1. The molecule has 0 spiro atoms. The number of carbonyl (C=O) groups is 1. The number of nitrogens with zero attached hydrogens (tertiary/aromatic N) is 2. The molecule has 0 aliphatic carbocycles. The van der Waals surface area contributed by atoms with Crippen LogP contribution in [-0.4, -0.2) is 34.6 Å². The van der Waals surface area contributed by atoms with Gasteiger partial charge in [0.05, 0.1) is 4.92 Å². The van der Waals surface area contributed by atoms with Crippen LogP contribution in [0, 0.1) is 17.0 Å². The van der Waals surface area contributed by atoms with Crippen molar-refractivity contribution in [3.63, 3.8) is 0 Å². The fourth-order valence-electron chi connectivity index (χ4n) is 2.25. The summed E-state index contributed by atoms with van der Waals surface area (Å²) in [6.07, 6.45) is 3.30. The number of amides is 1. The topological polar surface area (TPSA) is 98.7 Å². The van der Waals surface area contributed by atoms with Crippen molar-refractivity contribution >= 4 is 33.4 Å². The number of aryl methyl sites for hydroxylation is 1. The molecule has 1 aliphatic rings. The molecule has 0 radical (unpaired) electrons. The van der Waals surface area contributed by atoms with Gasteiger partial charge in [-0.3, -0.25) is 10.1 Å². The molecule has 0 unspecified atom stereocenters. The molecule has 0 aromatic heterocycles. The van der Waals surface area contributed by atoms with E-state index in [0.717, 1.165) is 31.5 Å². The van der Waals surface area contributed by atoms with E-state index in [0.29, 0.717) is 4.47 Å². The molecule has 1 aliphatic heterocycles. The number of halogens is 1. The molecule has 2 N–H and O–H groups in total. The first kappa shape index (κ1) is 21.2. The van der Waals surface area contributed by atoms with Gasteiger partial charge in [-0.25, -0.2) is 4.79 Å². The highest BCUT2D eigenvalue weighted by molar-refractivity contribution is 9.10. The van der Waals surface area contributed by atoms with Gasteiger partial charge in [0.2, 0.25) is 0 Å². The molecule has 1 fully saturated rings. The number of rotatable bonds is 1. The number of hydrogen-bond donors (Lipinski definition) is 1. The molecule has 1 amide bonds. The van der Waals surface area contributed by atoms with E-state index in [9.17, 15) is 14.9 Å². The van der Waals surface area contributed by atoms with Gasteiger partial charge in [-0.1, -0.05) is 15.9 Å². The first-order chi connectivity index (χ1) is 11.5. The maximum absolute atomic E-state index is 11.5. The molecule has 7 nitrogen and oxygen atoms in total. The second-order valence-corrected chi connectivity index (χ2v) is 7.80. The van der Waals surface area contributed by atoms with Gasteiger partial charge in [0.25, 0.3) is 5.69 Å². The van der Waals surface area contributed by atoms with E-state index in [1.54, 1.807) is 11.0 Å². The Kier molecular flexibility index (Phi) is 7.66. The predicted octanol–water partition coefficient (Wildman–Crippen LogP) is 4.66. The van der Waals surface area contributed by atoms with Crippen molar-refractivity contribution in [2.24, 2.45) is 0 Å². The van der Waals surface area contributed by atoms with E-state index >= 15 is 0 Å². The number of piperidine rings is 1. The summed E-state index contributed by atoms with van der Waals surface area (Å²) < 4.78 is 5.96. The third-order valence-corrected chi connectivity index (χ3v) is 4.37. The Hall–Kier alpha value is -1.83. The van der Waals surface area contributed by atoms with Gasteiger partial charge in [0, 0.05) is 23.6 Å². The molecule has 1 aromatic rings. The molecule has 0 bridgehead atoms. The molecule has 0 saturated carbocycles. The third-order valence-electron chi connectivity index (χ3n) is 3.51. The van der Waals surface area contributed by atoms with Crippen LogP contribution in [0.4, 0.5) is 16.2 Å². The molecular formula is C17H26BrN3O4. The zero-order chi connectivity index (χ0) is 19.2. The van der Waals surface area contributed by atoms with Crippen LogP contribution in [0.2, 0.25) is 0 Å². The highest BCUT2D eigenvalue weighted by Crippen LogP contribution is 2.28. The molecule has 1 heterocycles. The van der Waals surface area contributed by atoms with Crippen molar-refractivity contribution in [1.29, 1.82) is 0 Å². The maximum Gasteiger partial charge on any atom is 0.410 e. The van der Waals surface area contributed by atoms with E-state index in [2.05, 4.69) is 15.9 Å². The van der Waals surface area contributed by atoms with Crippen LogP contribution in [0.5, 0.6) is 0 Å². The second kappa shape index (κ2) is 9.03. The minimum atomic E-state index is -0.500. The Morgan fingerprint density at radius 1 is 1.28 bits per heavy atom. The smallest absolute Gasteiger partial charge is 0.410 e. The fraction of sp³-hybridized carbons (Fsp3) is 0.588. The van der Waals surface area contributed by atoms with Crippen molar-refractivity contribution in [1.82, 2.24) is 4.90 Å². The van der Waals surface area contributed by atoms with Gasteiger partial charge >= 0.3 is 6.09 Å². The predicted molar refractivity (Wildman–Crippen MR) is 102 cm³/mol. The van der Waals surface area contributed by atoms with Crippen LogP contribution in [0.3, 0.4) is 0 Å². The van der Waals surface area contributed by atoms with E-state index < -0.39 is 4.92 Å². The minimum absolute atomic E-state index is 0.0625. The number of ether oxygens (including phenoxy) is 1. The zero-order valence-electron chi connectivity index (χ0n) is 15.2. The van der Waals surface area contributed by atoms with Crippen molar-refractivity contribution in [3.8, 4) is 0 Å². The number of likely N-dealkylation sites (tertiary alicyclic amines) is 1. The lowest BCUT2D eigenvalue weighted by atomic mass is 10.1. The summed E-state index contributed by atoms with van der Waals surface area (Å²) >= 11 is 3.19. The van der Waals surface area contributed by atoms with Gasteiger partial charge in [-0.15, -0.1) is 0 Å². The highest BCUT2D eigenvalue weighted by Gasteiger charge is 2.22. The monoisotopic (exact) mass is 415 g/mol. The van der Waals surface area contributed by atoms with Crippen molar-refractivity contribution in [3.05, 3.63) is 32.3 Å². The third kappa shape index (κ3) is 7.29. The quantitative estimate of drug-likeness (QED) is 0.408. The number of benzene rings is 1. The average Bonchev–Trinajstić information content (AvgIpc) is 2.50. The maximum atomic E-state index is 11.5. The Bertz CT molecular complexity index is 623. The lowest BCUT2D eigenvalue weighted by Gasteiger charge is -2.29. The molecule has 25 heavy (non-hydrogen) atoms. The Morgan fingerprint density at radius 3 is 2.32 bits per heavy atom. The van der Waals surface area contributed by atoms with Crippen LogP contribution in [-0.2, 0) is 4.74 Å². The first-order valence-corrected chi connectivity index (χ1v) is 8.98. The van der Waals surface area contributed by atoms with Crippen LogP contribution in [0.15, 0.2) is 16.6 Å². The molecule has 8 heteroatoms. The number of nitro groups is 1. The highest BCUT2D eigenvalue weighted by atomic mass is 79.9. The van der Waals surface area contributed by atoms with Crippen LogP contribution in [0.1, 0.15) is 45.6 Å². The van der Waals surface area contributed by atoms with Crippen LogP contribution < -0.4 is 5.73 Å². The van der Waals surface area contributed by atoms with E-state index in [1.807, 2.05) is 27.7 Å². The average molecular weight is 416 g/mol. The molecule has 0 atom stereocenters. The molecule has 1 saturated heterocycles. The summed E-state index contributed by atoms with van der Waals surface area (Å²) in [5, 5.41) is 10.4. The van der Waals surface area contributed by atoms with Gasteiger partial charge in [-0.05, 0) is 58.6 Å². The molecule has 2 rings (SSSR count). The van der Waals surface area contributed by atoms with Crippen LogP contribution in [0.25, 0.3) is 0 Å². The fourth-order valence-corrected chi connectivity index (χ4v) is 2.59. The van der Waals surface area contributed by atoms with Gasteiger partial charge < -0.3 is 15.4 Å². The molecule has 140 valence electrons. The molecular weight excluding hydrogens is 390 g/mol. The minimum Gasteiger partial charge on any atom is -0.444 e. The van der Waals surface area contributed by atoms with E-state index in [-0.39, 0.29) is 23.1 Å². The number of hydrogen-bond acceptors (Lipinski definition) is 5. The van der Waals surface area contributed by atoms with E-state index in [1.165, 1.54) is 12.5 Å². The normalized spacial score (nSPS) is 14.4. The number of nitrogens with two attached hydrogens (primary N) is 1. The first-order valence-electron chi connectivity index (χ1n) is 8.19. The Morgan fingerprint density at radius 2 is 1.84 bits per heavy atom. The Labute approximate surface area is 156 Å². The summed E-state index contributed by atoms with van der Waals surface area (Å²) in [5.41, 5.74) is 6.08. The lowest BCUT2D eigenvalue weighted by molar-refractivity contribution is -0.384. The standard InChI is InChI=1S/C10H19NO2.C7H7BrN2O2/c1-10(2,3)13-9(12)11-7-5-4-6-8-11;1-4-2-6(9)7(10(11)12)3-5(4)8/h4-8H2,1-3H3;2-3H,9H2,1H3. The second-order valence-electron chi connectivity index (χ2n) is 6.95. The summed E-state index contributed by atoms with van der Waals surface area (Å²) in [4.78, 5) is 23.2. The SMILES string of the molecule is CC(C)(C)OC(=O)N1CCCCC1.Cc1cc(N)c([N+](=O)[O-])cc1Br. The Balaban J connectivity index is 0.000000251. The van der Waals surface area contributed by atoms with Gasteiger partial charge in [0.1, 0.15) is 11.3 Å². The van der Waals surface area contributed by atoms with E-state index in [4.69, 9.17) is 10.5 Å².